The van der Waals surface area contributed by atoms with Gasteiger partial charge in [0.1, 0.15) is 0 Å². The van der Waals surface area contributed by atoms with Gasteiger partial charge in [-0.3, -0.25) is 9.80 Å². The van der Waals surface area contributed by atoms with Crippen molar-refractivity contribution in [3.8, 4) is 0 Å². The van der Waals surface area contributed by atoms with Gasteiger partial charge in [-0.1, -0.05) is 0 Å². The molecule has 0 amide bonds. The molecular weight excluding hydrogens is 202 g/mol. The van der Waals surface area contributed by atoms with Gasteiger partial charge in [0.15, 0.2) is 0 Å². The highest BCUT2D eigenvalue weighted by molar-refractivity contribution is 4.74. The second-order valence-corrected chi connectivity index (χ2v) is 4.94. The lowest BCUT2D eigenvalue weighted by Crippen LogP contribution is -2.48. The van der Waals surface area contributed by atoms with Gasteiger partial charge in [-0.15, -0.1) is 0 Å². The van der Waals surface area contributed by atoms with Crippen LogP contribution < -0.4 is 5.32 Å². The van der Waals surface area contributed by atoms with Gasteiger partial charge < -0.3 is 10.1 Å². The predicted molar refractivity (Wildman–Crippen MR) is 65.8 cm³/mol. The maximum atomic E-state index is 5.53. The van der Waals surface area contributed by atoms with Crippen LogP contribution in [0.3, 0.4) is 0 Å². The Morgan fingerprint density at radius 3 is 2.88 bits per heavy atom. The molecule has 2 fully saturated rings. The molecule has 1 N–H and O–H groups in total. The summed E-state index contributed by atoms with van der Waals surface area (Å²) in [5, 5.41) is 3.39. The Labute approximate surface area is 98.9 Å². The van der Waals surface area contributed by atoms with Gasteiger partial charge in [-0.2, -0.15) is 0 Å². The zero-order chi connectivity index (χ0) is 11.2. The van der Waals surface area contributed by atoms with Gasteiger partial charge in [0.2, 0.25) is 0 Å². The van der Waals surface area contributed by atoms with Crippen molar-refractivity contribution in [3.63, 3.8) is 0 Å². The number of rotatable bonds is 4. The number of nitrogens with one attached hydrogen (secondary N) is 1. The number of hydrogen-bond acceptors (Lipinski definition) is 4. The van der Waals surface area contributed by atoms with Crippen LogP contribution in [-0.4, -0.2) is 75.4 Å². The van der Waals surface area contributed by atoms with E-state index < -0.39 is 0 Å². The standard InChI is InChI=1S/C12H25N3O/c1-14(12-3-2-10-16-11-12)8-9-15-6-4-13-5-7-15/h12-13H,2-11H2,1H3. The summed E-state index contributed by atoms with van der Waals surface area (Å²) in [6.07, 6.45) is 2.53. The topological polar surface area (TPSA) is 27.7 Å². The van der Waals surface area contributed by atoms with Crippen molar-refractivity contribution >= 4 is 0 Å². The third-order valence-corrected chi connectivity index (χ3v) is 3.74. The molecule has 16 heavy (non-hydrogen) atoms. The largest absolute Gasteiger partial charge is 0.380 e. The van der Waals surface area contributed by atoms with Crippen LogP contribution >= 0.6 is 0 Å². The highest BCUT2D eigenvalue weighted by Crippen LogP contribution is 2.11. The van der Waals surface area contributed by atoms with Crippen LogP contribution in [0.4, 0.5) is 0 Å². The number of piperazine rings is 1. The van der Waals surface area contributed by atoms with Gasteiger partial charge in [0.25, 0.3) is 0 Å². The summed E-state index contributed by atoms with van der Waals surface area (Å²) >= 11 is 0. The molecule has 0 bridgehead atoms. The lowest BCUT2D eigenvalue weighted by molar-refractivity contribution is 0.0242. The van der Waals surface area contributed by atoms with Crippen LogP contribution in [0.15, 0.2) is 0 Å². The summed E-state index contributed by atoms with van der Waals surface area (Å²) < 4.78 is 5.53. The lowest BCUT2D eigenvalue weighted by atomic mass is 10.1. The fourth-order valence-electron chi connectivity index (χ4n) is 2.49. The minimum atomic E-state index is 0.650. The van der Waals surface area contributed by atoms with Crippen molar-refractivity contribution in [2.24, 2.45) is 0 Å². The van der Waals surface area contributed by atoms with Crippen LogP contribution in [0, 0.1) is 0 Å². The molecule has 0 saturated carbocycles. The van der Waals surface area contributed by atoms with E-state index in [1.807, 2.05) is 0 Å². The van der Waals surface area contributed by atoms with Gasteiger partial charge in [0.05, 0.1) is 6.61 Å². The van der Waals surface area contributed by atoms with Gasteiger partial charge in [-0.05, 0) is 19.9 Å². The molecule has 0 aliphatic carbocycles. The first-order valence-corrected chi connectivity index (χ1v) is 6.57. The van der Waals surface area contributed by atoms with Gasteiger partial charge in [0, 0.05) is 51.9 Å². The molecular formula is C12H25N3O. The van der Waals surface area contributed by atoms with Crippen molar-refractivity contribution in [1.29, 1.82) is 0 Å². The van der Waals surface area contributed by atoms with E-state index in [0.717, 1.165) is 26.3 Å². The van der Waals surface area contributed by atoms with Crippen LogP contribution in [0.25, 0.3) is 0 Å². The number of ether oxygens (including phenoxy) is 1. The lowest BCUT2D eigenvalue weighted by Gasteiger charge is -2.34. The Balaban J connectivity index is 1.63. The van der Waals surface area contributed by atoms with E-state index >= 15 is 0 Å². The first kappa shape index (κ1) is 12.3. The third-order valence-electron chi connectivity index (χ3n) is 3.74. The van der Waals surface area contributed by atoms with E-state index in [2.05, 4.69) is 22.2 Å². The van der Waals surface area contributed by atoms with Crippen molar-refractivity contribution in [2.45, 2.75) is 18.9 Å². The molecule has 2 aliphatic heterocycles. The minimum absolute atomic E-state index is 0.650. The molecule has 94 valence electrons. The Morgan fingerprint density at radius 1 is 1.38 bits per heavy atom. The van der Waals surface area contributed by atoms with E-state index in [-0.39, 0.29) is 0 Å². The molecule has 2 heterocycles. The van der Waals surface area contributed by atoms with Crippen molar-refractivity contribution in [2.75, 3.05) is 59.5 Å². The average molecular weight is 227 g/mol. The zero-order valence-corrected chi connectivity index (χ0v) is 10.5. The van der Waals surface area contributed by atoms with E-state index in [4.69, 9.17) is 4.74 Å². The molecule has 0 aromatic carbocycles. The fraction of sp³-hybridized carbons (Fsp3) is 1.00. The highest BCUT2D eigenvalue weighted by atomic mass is 16.5. The van der Waals surface area contributed by atoms with E-state index in [0.29, 0.717) is 6.04 Å². The first-order valence-electron chi connectivity index (χ1n) is 6.57. The summed E-state index contributed by atoms with van der Waals surface area (Å²) in [7, 11) is 2.24. The monoisotopic (exact) mass is 227 g/mol. The van der Waals surface area contributed by atoms with E-state index in [9.17, 15) is 0 Å². The molecule has 0 radical (unpaired) electrons. The molecule has 4 nitrogen and oxygen atoms in total. The quantitative estimate of drug-likeness (QED) is 0.732. The number of likely N-dealkylation sites (N-methyl/N-ethyl adjacent to an activating group) is 1. The summed E-state index contributed by atoms with van der Waals surface area (Å²) in [5.74, 6) is 0. The van der Waals surface area contributed by atoms with Crippen LogP contribution in [0.1, 0.15) is 12.8 Å². The fourth-order valence-corrected chi connectivity index (χ4v) is 2.49. The molecule has 0 aromatic rings. The smallest absolute Gasteiger partial charge is 0.0621 e. The normalized spacial score (nSPS) is 28.5. The highest BCUT2D eigenvalue weighted by Gasteiger charge is 2.19. The average Bonchev–Trinajstić information content (AvgIpc) is 2.38. The van der Waals surface area contributed by atoms with Crippen molar-refractivity contribution in [1.82, 2.24) is 15.1 Å². The molecule has 2 rings (SSSR count). The summed E-state index contributed by atoms with van der Waals surface area (Å²) in [5.41, 5.74) is 0. The molecule has 2 saturated heterocycles. The van der Waals surface area contributed by atoms with Crippen molar-refractivity contribution in [3.05, 3.63) is 0 Å². The maximum absolute atomic E-state index is 5.53. The van der Waals surface area contributed by atoms with E-state index in [1.54, 1.807) is 0 Å². The Morgan fingerprint density at radius 2 is 2.19 bits per heavy atom. The number of nitrogens with zero attached hydrogens (tertiary/aromatic N) is 2. The van der Waals surface area contributed by atoms with Gasteiger partial charge in [-0.25, -0.2) is 0 Å². The maximum Gasteiger partial charge on any atom is 0.0621 e. The second kappa shape index (κ2) is 6.55. The molecule has 0 aromatic heterocycles. The minimum Gasteiger partial charge on any atom is -0.380 e. The van der Waals surface area contributed by atoms with Crippen LogP contribution in [0.5, 0.6) is 0 Å². The third kappa shape index (κ3) is 3.70. The Bertz CT molecular complexity index is 189. The summed E-state index contributed by atoms with van der Waals surface area (Å²) in [6, 6.07) is 0.650. The first-order chi connectivity index (χ1) is 7.86. The van der Waals surface area contributed by atoms with Gasteiger partial charge >= 0.3 is 0 Å². The Hall–Kier alpha value is -0.160. The van der Waals surface area contributed by atoms with Crippen molar-refractivity contribution < 1.29 is 4.74 Å². The second-order valence-electron chi connectivity index (χ2n) is 4.94. The molecule has 4 heteroatoms. The predicted octanol–water partition coefficient (Wildman–Crippen LogP) is 0.00240. The number of hydrogen-bond donors (Lipinski definition) is 1. The van der Waals surface area contributed by atoms with E-state index in [1.165, 1.54) is 39.0 Å². The van der Waals surface area contributed by atoms with Crippen LogP contribution in [-0.2, 0) is 4.74 Å². The van der Waals surface area contributed by atoms with Crippen LogP contribution in [0.2, 0.25) is 0 Å². The zero-order valence-electron chi connectivity index (χ0n) is 10.5. The summed E-state index contributed by atoms with van der Waals surface area (Å²) in [6.45, 7) is 8.97. The molecule has 2 aliphatic rings. The summed E-state index contributed by atoms with van der Waals surface area (Å²) in [4.78, 5) is 5.03. The SMILES string of the molecule is CN(CCN1CCNCC1)C1CCCOC1. The Kier molecular flexibility index (Phi) is 5.03. The molecule has 1 atom stereocenters. The molecule has 0 spiro atoms. The molecule has 1 unspecified atom stereocenters.